The highest BCUT2D eigenvalue weighted by atomic mass is 16.2. The number of nitrogens with zero attached hydrogens (tertiary/aromatic N) is 2. The number of carbonyl (C=O) groups is 2. The minimum Gasteiger partial charge on any atom is -0.352 e. The normalized spacial score (nSPS) is 14.4. The number of nitrogens with one attached hydrogen (secondary N) is 2. The fraction of sp³-hybridized carbons (Fsp3) is 0.435. The predicted octanol–water partition coefficient (Wildman–Crippen LogP) is 3.04. The van der Waals surface area contributed by atoms with Crippen LogP contribution in [0.25, 0.3) is 0 Å². The number of carbonyl (C=O) groups excluding carboxylic acids is 2. The summed E-state index contributed by atoms with van der Waals surface area (Å²) in [6.07, 6.45) is 7.37. The number of urea groups is 1. The summed E-state index contributed by atoms with van der Waals surface area (Å²) in [6.45, 7) is 4.83. The van der Waals surface area contributed by atoms with E-state index in [-0.39, 0.29) is 11.9 Å². The second-order valence-corrected chi connectivity index (χ2v) is 7.53. The maximum absolute atomic E-state index is 12.3. The Balaban J connectivity index is 1.42. The van der Waals surface area contributed by atoms with Gasteiger partial charge in [0.1, 0.15) is 0 Å². The monoisotopic (exact) mass is 394 g/mol. The zero-order chi connectivity index (χ0) is 20.5. The van der Waals surface area contributed by atoms with Gasteiger partial charge in [0.25, 0.3) is 5.91 Å². The summed E-state index contributed by atoms with van der Waals surface area (Å²) in [7, 11) is 0. The first-order chi connectivity index (χ1) is 14.2. The molecule has 0 spiro atoms. The summed E-state index contributed by atoms with van der Waals surface area (Å²) in [5.41, 5.74) is 3.04. The van der Waals surface area contributed by atoms with Crippen molar-refractivity contribution in [2.75, 3.05) is 26.2 Å². The molecule has 3 amide bonds. The molecule has 0 saturated carbocycles. The van der Waals surface area contributed by atoms with Crippen molar-refractivity contribution in [3.05, 3.63) is 65.5 Å². The van der Waals surface area contributed by atoms with Gasteiger partial charge < -0.3 is 15.5 Å². The van der Waals surface area contributed by atoms with Crippen LogP contribution in [0, 0.1) is 5.92 Å². The molecular formula is C23H30N4O2. The Morgan fingerprint density at radius 2 is 1.83 bits per heavy atom. The molecule has 1 saturated heterocycles. The highest BCUT2D eigenvalue weighted by Crippen LogP contribution is 2.22. The summed E-state index contributed by atoms with van der Waals surface area (Å²) in [6, 6.07) is 11.9. The minimum absolute atomic E-state index is 0.0457. The molecule has 2 aromatic rings. The first-order valence-corrected chi connectivity index (χ1v) is 10.4. The van der Waals surface area contributed by atoms with Crippen LogP contribution in [0.3, 0.4) is 0 Å². The highest BCUT2D eigenvalue weighted by molar-refractivity contribution is 5.94. The van der Waals surface area contributed by atoms with Gasteiger partial charge in [0, 0.05) is 44.1 Å². The lowest BCUT2D eigenvalue weighted by Crippen LogP contribution is -2.44. The Bertz CT molecular complexity index is 784. The fourth-order valence-corrected chi connectivity index (χ4v) is 3.70. The van der Waals surface area contributed by atoms with Crippen molar-refractivity contribution in [3.63, 3.8) is 0 Å². The van der Waals surface area contributed by atoms with Gasteiger partial charge in [0.2, 0.25) is 0 Å². The van der Waals surface area contributed by atoms with Gasteiger partial charge in [0.15, 0.2) is 0 Å². The summed E-state index contributed by atoms with van der Waals surface area (Å²) in [5, 5.41) is 5.83. The van der Waals surface area contributed by atoms with Crippen molar-refractivity contribution in [1.82, 2.24) is 20.5 Å². The van der Waals surface area contributed by atoms with Crippen LogP contribution in [0.2, 0.25) is 0 Å². The molecule has 6 heteroatoms. The smallest absolute Gasteiger partial charge is 0.317 e. The van der Waals surface area contributed by atoms with Gasteiger partial charge in [-0.25, -0.2) is 4.79 Å². The van der Waals surface area contributed by atoms with Crippen LogP contribution in [0.1, 0.15) is 41.3 Å². The number of pyridine rings is 1. The molecule has 0 unspecified atom stereocenters. The summed E-state index contributed by atoms with van der Waals surface area (Å²) in [5.74, 6) is 0.538. The molecule has 0 aliphatic carbocycles. The van der Waals surface area contributed by atoms with Gasteiger partial charge in [-0.05, 0) is 67.9 Å². The largest absolute Gasteiger partial charge is 0.352 e. The van der Waals surface area contributed by atoms with Crippen LogP contribution in [0.5, 0.6) is 0 Å². The second kappa shape index (κ2) is 10.6. The van der Waals surface area contributed by atoms with Crippen LogP contribution in [0.15, 0.2) is 48.8 Å². The first-order valence-electron chi connectivity index (χ1n) is 10.4. The Morgan fingerprint density at radius 3 is 2.48 bits per heavy atom. The van der Waals surface area contributed by atoms with Crippen molar-refractivity contribution in [2.24, 2.45) is 5.92 Å². The Hall–Kier alpha value is -2.89. The summed E-state index contributed by atoms with van der Waals surface area (Å²) in [4.78, 5) is 30.2. The standard InChI is InChI=1S/C23H30N4O2/c1-2-25-23(29)27-14-10-19(11-15-27)16-18-5-7-21(8-6-18)22(28)26-13-9-20-4-3-12-24-17-20/h3-8,12,17,19H,2,9-11,13-16H2,1H3,(H,25,29)(H,26,28). The molecule has 3 rings (SSSR count). The van der Waals surface area contributed by atoms with Gasteiger partial charge >= 0.3 is 6.03 Å². The number of piperidine rings is 1. The molecule has 29 heavy (non-hydrogen) atoms. The lowest BCUT2D eigenvalue weighted by atomic mass is 9.90. The average Bonchev–Trinajstić information content (AvgIpc) is 2.75. The highest BCUT2D eigenvalue weighted by Gasteiger charge is 2.22. The number of likely N-dealkylation sites (tertiary alicyclic amines) is 1. The molecular weight excluding hydrogens is 364 g/mol. The Kier molecular flexibility index (Phi) is 7.61. The average molecular weight is 395 g/mol. The number of rotatable bonds is 7. The molecule has 1 aromatic heterocycles. The maximum atomic E-state index is 12.3. The first kappa shape index (κ1) is 20.8. The van der Waals surface area contributed by atoms with E-state index in [4.69, 9.17) is 0 Å². The summed E-state index contributed by atoms with van der Waals surface area (Å²) >= 11 is 0. The van der Waals surface area contributed by atoms with Crippen molar-refractivity contribution >= 4 is 11.9 Å². The van der Waals surface area contributed by atoms with E-state index in [0.29, 0.717) is 24.6 Å². The van der Waals surface area contributed by atoms with Crippen LogP contribution in [-0.4, -0.2) is 48.0 Å². The number of benzene rings is 1. The van der Waals surface area contributed by atoms with E-state index in [9.17, 15) is 9.59 Å². The number of aromatic nitrogens is 1. The van der Waals surface area contributed by atoms with Crippen molar-refractivity contribution in [1.29, 1.82) is 0 Å². The van der Waals surface area contributed by atoms with Crippen molar-refractivity contribution in [2.45, 2.75) is 32.6 Å². The number of hydrogen-bond acceptors (Lipinski definition) is 3. The van der Waals surface area contributed by atoms with Gasteiger partial charge in [-0.1, -0.05) is 18.2 Å². The van der Waals surface area contributed by atoms with Gasteiger partial charge in [0.05, 0.1) is 0 Å². The number of amides is 3. The Labute approximate surface area is 172 Å². The van der Waals surface area contributed by atoms with Gasteiger partial charge in [-0.15, -0.1) is 0 Å². The third-order valence-electron chi connectivity index (χ3n) is 5.39. The van der Waals surface area contributed by atoms with Crippen LogP contribution in [0.4, 0.5) is 4.79 Å². The van der Waals surface area contributed by atoms with E-state index in [1.807, 2.05) is 54.4 Å². The number of hydrogen-bond donors (Lipinski definition) is 2. The zero-order valence-corrected chi connectivity index (χ0v) is 17.1. The van der Waals surface area contributed by atoms with Gasteiger partial charge in [-0.3, -0.25) is 9.78 Å². The van der Waals surface area contributed by atoms with Crippen LogP contribution < -0.4 is 10.6 Å². The quantitative estimate of drug-likeness (QED) is 0.758. The fourth-order valence-electron chi connectivity index (χ4n) is 3.70. The molecule has 1 aromatic carbocycles. The molecule has 1 aliphatic heterocycles. The molecule has 2 N–H and O–H groups in total. The maximum Gasteiger partial charge on any atom is 0.317 e. The lowest BCUT2D eigenvalue weighted by Gasteiger charge is -2.32. The molecule has 6 nitrogen and oxygen atoms in total. The van der Waals surface area contributed by atoms with E-state index >= 15 is 0 Å². The van der Waals surface area contributed by atoms with E-state index in [0.717, 1.165) is 44.3 Å². The molecule has 0 atom stereocenters. The predicted molar refractivity (Wildman–Crippen MR) is 114 cm³/mol. The van der Waals surface area contributed by atoms with E-state index in [2.05, 4.69) is 15.6 Å². The molecule has 1 fully saturated rings. The minimum atomic E-state index is -0.0457. The third kappa shape index (κ3) is 6.31. The Morgan fingerprint density at radius 1 is 1.07 bits per heavy atom. The lowest BCUT2D eigenvalue weighted by molar-refractivity contribution is 0.0954. The summed E-state index contributed by atoms with van der Waals surface area (Å²) < 4.78 is 0. The molecule has 0 radical (unpaired) electrons. The van der Waals surface area contributed by atoms with Crippen LogP contribution in [-0.2, 0) is 12.8 Å². The van der Waals surface area contributed by atoms with E-state index < -0.39 is 0 Å². The molecule has 154 valence electrons. The van der Waals surface area contributed by atoms with Crippen molar-refractivity contribution in [3.8, 4) is 0 Å². The SMILES string of the molecule is CCNC(=O)N1CCC(Cc2ccc(C(=O)NCCc3cccnc3)cc2)CC1. The zero-order valence-electron chi connectivity index (χ0n) is 17.1. The second-order valence-electron chi connectivity index (χ2n) is 7.53. The van der Waals surface area contributed by atoms with E-state index in [1.54, 1.807) is 6.20 Å². The molecule has 0 bridgehead atoms. The van der Waals surface area contributed by atoms with E-state index in [1.165, 1.54) is 5.56 Å². The topological polar surface area (TPSA) is 74.3 Å². The molecule has 2 heterocycles. The van der Waals surface area contributed by atoms with Crippen molar-refractivity contribution < 1.29 is 9.59 Å². The van der Waals surface area contributed by atoms with Gasteiger partial charge in [-0.2, -0.15) is 0 Å². The molecule has 1 aliphatic rings. The third-order valence-corrected chi connectivity index (χ3v) is 5.39. The van der Waals surface area contributed by atoms with Crippen LogP contribution >= 0.6 is 0 Å².